The maximum atomic E-state index is 11.5. The first-order chi connectivity index (χ1) is 6.27. The number of hydrogen-bond acceptors (Lipinski definition) is 2. The Hall–Kier alpha value is -0.570. The van der Waals surface area contributed by atoms with Crippen LogP contribution in [0.3, 0.4) is 0 Å². The molecule has 1 amide bonds. The number of nitrogens with zero attached hydrogens (tertiary/aromatic N) is 1. The molecule has 1 saturated heterocycles. The molecule has 3 nitrogen and oxygen atoms in total. The van der Waals surface area contributed by atoms with Gasteiger partial charge in [0, 0.05) is 32.0 Å². The number of carbonyl (C=O) groups is 1. The molecule has 0 aromatic rings. The first kappa shape index (κ1) is 10.5. The number of carbonyl (C=O) groups excluding carboxylic acids is 1. The highest BCUT2D eigenvalue weighted by atomic mass is 16.3. The summed E-state index contributed by atoms with van der Waals surface area (Å²) < 4.78 is 0. The largest absolute Gasteiger partial charge is 0.396 e. The number of likely N-dealkylation sites (tertiary alicyclic amines) is 1. The van der Waals surface area contributed by atoms with Crippen LogP contribution in [0.4, 0.5) is 0 Å². The van der Waals surface area contributed by atoms with Crippen molar-refractivity contribution in [1.29, 1.82) is 0 Å². The number of rotatable bonds is 4. The second-order valence-electron chi connectivity index (χ2n) is 3.78. The van der Waals surface area contributed by atoms with E-state index in [2.05, 4.69) is 6.92 Å². The van der Waals surface area contributed by atoms with Gasteiger partial charge in [-0.05, 0) is 12.8 Å². The fourth-order valence-electron chi connectivity index (χ4n) is 1.69. The van der Waals surface area contributed by atoms with Crippen molar-refractivity contribution in [3.05, 3.63) is 0 Å². The van der Waals surface area contributed by atoms with E-state index in [0.717, 1.165) is 32.4 Å². The third-order valence-electron chi connectivity index (χ3n) is 2.64. The molecule has 13 heavy (non-hydrogen) atoms. The lowest BCUT2D eigenvalue weighted by molar-refractivity contribution is -0.130. The Morgan fingerprint density at radius 3 is 2.92 bits per heavy atom. The van der Waals surface area contributed by atoms with Gasteiger partial charge in [-0.15, -0.1) is 0 Å². The van der Waals surface area contributed by atoms with Gasteiger partial charge in [0.2, 0.25) is 5.91 Å². The Kier molecular flexibility index (Phi) is 4.22. The van der Waals surface area contributed by atoms with Crippen molar-refractivity contribution >= 4 is 5.91 Å². The van der Waals surface area contributed by atoms with Crippen molar-refractivity contribution in [3.8, 4) is 0 Å². The Morgan fingerprint density at radius 1 is 1.62 bits per heavy atom. The summed E-state index contributed by atoms with van der Waals surface area (Å²) in [5, 5.41) is 8.90. The van der Waals surface area contributed by atoms with Crippen LogP contribution >= 0.6 is 0 Å². The van der Waals surface area contributed by atoms with Gasteiger partial charge in [-0.1, -0.05) is 13.3 Å². The van der Waals surface area contributed by atoms with Crippen LogP contribution in [-0.4, -0.2) is 35.6 Å². The number of amides is 1. The maximum absolute atomic E-state index is 11.5. The molecule has 1 heterocycles. The average molecular weight is 185 g/mol. The molecule has 0 unspecified atom stereocenters. The first-order valence-electron chi connectivity index (χ1n) is 5.16. The van der Waals surface area contributed by atoms with Crippen molar-refractivity contribution in [1.82, 2.24) is 4.90 Å². The third-order valence-corrected chi connectivity index (χ3v) is 2.64. The molecule has 0 spiro atoms. The van der Waals surface area contributed by atoms with Crippen molar-refractivity contribution in [2.45, 2.75) is 32.6 Å². The van der Waals surface area contributed by atoms with E-state index < -0.39 is 0 Å². The smallest absolute Gasteiger partial charge is 0.222 e. The van der Waals surface area contributed by atoms with Crippen molar-refractivity contribution < 1.29 is 9.90 Å². The number of aliphatic hydroxyl groups excluding tert-OH is 1. The zero-order valence-corrected chi connectivity index (χ0v) is 8.33. The van der Waals surface area contributed by atoms with Crippen LogP contribution < -0.4 is 0 Å². The third kappa shape index (κ3) is 2.99. The van der Waals surface area contributed by atoms with Gasteiger partial charge in [-0.3, -0.25) is 4.79 Å². The molecule has 76 valence electrons. The lowest BCUT2D eigenvalue weighted by atomic mass is 10.1. The monoisotopic (exact) mass is 185 g/mol. The molecule has 0 aromatic heterocycles. The Morgan fingerprint density at radius 2 is 2.38 bits per heavy atom. The van der Waals surface area contributed by atoms with E-state index >= 15 is 0 Å². The summed E-state index contributed by atoms with van der Waals surface area (Å²) in [6.45, 7) is 3.91. The molecule has 0 radical (unpaired) electrons. The molecule has 0 aliphatic carbocycles. The average Bonchev–Trinajstić information content (AvgIpc) is 2.62. The predicted molar refractivity (Wildman–Crippen MR) is 51.3 cm³/mol. The van der Waals surface area contributed by atoms with E-state index in [1.165, 1.54) is 0 Å². The molecule has 1 aliphatic rings. The minimum Gasteiger partial charge on any atom is -0.396 e. The normalized spacial score (nSPS) is 22.3. The Balaban J connectivity index is 2.25. The number of aliphatic hydroxyl groups is 1. The maximum Gasteiger partial charge on any atom is 0.222 e. The summed E-state index contributed by atoms with van der Waals surface area (Å²) >= 11 is 0. The molecule has 1 N–H and O–H groups in total. The summed E-state index contributed by atoms with van der Waals surface area (Å²) in [5.74, 6) is 0.586. The molecule has 0 aromatic carbocycles. The molecule has 3 heteroatoms. The molecule has 1 rings (SSSR count). The van der Waals surface area contributed by atoms with Crippen molar-refractivity contribution in [3.63, 3.8) is 0 Å². The molecule has 1 aliphatic heterocycles. The van der Waals surface area contributed by atoms with E-state index in [4.69, 9.17) is 5.11 Å². The van der Waals surface area contributed by atoms with Crippen LogP contribution in [0.2, 0.25) is 0 Å². The van der Waals surface area contributed by atoms with Gasteiger partial charge in [0.15, 0.2) is 0 Å². The van der Waals surface area contributed by atoms with Crippen LogP contribution in [0.15, 0.2) is 0 Å². The van der Waals surface area contributed by atoms with Crippen molar-refractivity contribution in [2.24, 2.45) is 5.92 Å². The van der Waals surface area contributed by atoms with E-state index in [1.807, 2.05) is 4.90 Å². The standard InChI is InChI=1S/C10H19NO2/c1-2-3-4-10(13)11-6-5-9(7-11)8-12/h9,12H,2-8H2,1H3/t9-/m0/s1. The van der Waals surface area contributed by atoms with Crippen LogP contribution in [0.1, 0.15) is 32.6 Å². The molecule has 1 fully saturated rings. The molecule has 0 bridgehead atoms. The fraction of sp³-hybridized carbons (Fsp3) is 0.900. The fourth-order valence-corrected chi connectivity index (χ4v) is 1.69. The van der Waals surface area contributed by atoms with Crippen molar-refractivity contribution in [2.75, 3.05) is 19.7 Å². The lowest BCUT2D eigenvalue weighted by Crippen LogP contribution is -2.28. The molecular formula is C10H19NO2. The van der Waals surface area contributed by atoms with Gasteiger partial charge in [0.25, 0.3) is 0 Å². The summed E-state index contributed by atoms with van der Waals surface area (Å²) in [4.78, 5) is 13.4. The molecular weight excluding hydrogens is 166 g/mol. The van der Waals surface area contributed by atoms with E-state index in [-0.39, 0.29) is 12.5 Å². The van der Waals surface area contributed by atoms with Gasteiger partial charge in [-0.25, -0.2) is 0 Å². The van der Waals surface area contributed by atoms with E-state index in [9.17, 15) is 4.79 Å². The SMILES string of the molecule is CCCCC(=O)N1CC[C@H](CO)C1. The summed E-state index contributed by atoms with van der Waals surface area (Å²) in [6, 6.07) is 0. The minimum atomic E-state index is 0.220. The molecule has 0 saturated carbocycles. The Bertz CT molecular complexity index is 170. The highest BCUT2D eigenvalue weighted by molar-refractivity contribution is 5.76. The van der Waals surface area contributed by atoms with Crippen LogP contribution in [0, 0.1) is 5.92 Å². The summed E-state index contributed by atoms with van der Waals surface area (Å²) in [6.07, 6.45) is 3.70. The predicted octanol–water partition coefficient (Wildman–Crippen LogP) is 1.02. The quantitative estimate of drug-likeness (QED) is 0.710. The lowest BCUT2D eigenvalue weighted by Gasteiger charge is -2.15. The first-order valence-corrected chi connectivity index (χ1v) is 5.16. The van der Waals surface area contributed by atoms with E-state index in [1.54, 1.807) is 0 Å². The zero-order chi connectivity index (χ0) is 9.68. The summed E-state index contributed by atoms with van der Waals surface area (Å²) in [7, 11) is 0. The van der Waals surface area contributed by atoms with Gasteiger partial charge >= 0.3 is 0 Å². The topological polar surface area (TPSA) is 40.5 Å². The van der Waals surface area contributed by atoms with Crippen LogP contribution in [0.25, 0.3) is 0 Å². The van der Waals surface area contributed by atoms with Crippen LogP contribution in [0.5, 0.6) is 0 Å². The van der Waals surface area contributed by atoms with Crippen LogP contribution in [-0.2, 0) is 4.79 Å². The highest BCUT2D eigenvalue weighted by Gasteiger charge is 2.24. The second kappa shape index (κ2) is 5.22. The number of unbranched alkanes of at least 4 members (excludes halogenated alkanes) is 1. The Labute approximate surface area is 79.7 Å². The van der Waals surface area contributed by atoms with Gasteiger partial charge < -0.3 is 10.0 Å². The number of hydrogen-bond donors (Lipinski definition) is 1. The van der Waals surface area contributed by atoms with Gasteiger partial charge in [0.05, 0.1) is 0 Å². The summed E-state index contributed by atoms with van der Waals surface area (Å²) in [5.41, 5.74) is 0. The van der Waals surface area contributed by atoms with Gasteiger partial charge in [0.1, 0.15) is 0 Å². The zero-order valence-electron chi connectivity index (χ0n) is 8.33. The van der Waals surface area contributed by atoms with E-state index in [0.29, 0.717) is 12.3 Å². The molecule has 1 atom stereocenters. The second-order valence-corrected chi connectivity index (χ2v) is 3.78. The van der Waals surface area contributed by atoms with Gasteiger partial charge in [-0.2, -0.15) is 0 Å². The minimum absolute atomic E-state index is 0.220. The highest BCUT2D eigenvalue weighted by Crippen LogP contribution is 2.16.